The molecule has 4 aromatic rings. The number of rotatable bonds is 21. The molecule has 2 aliphatic rings. The smallest absolute Gasteiger partial charge is 0.303 e. The fourth-order valence-electron chi connectivity index (χ4n) is 7.55. The van der Waals surface area contributed by atoms with Gasteiger partial charge in [0, 0.05) is 33.9 Å². The molecule has 0 spiro atoms. The molecule has 1 N–H and O–H groups in total. The van der Waals surface area contributed by atoms with Crippen LogP contribution in [0.4, 0.5) is 17.1 Å². The molecule has 0 bridgehead atoms. The van der Waals surface area contributed by atoms with Crippen molar-refractivity contribution in [3.05, 3.63) is 146 Å². The van der Waals surface area contributed by atoms with Gasteiger partial charge in [-0.05, 0) is 22.8 Å². The lowest BCUT2D eigenvalue weighted by Crippen LogP contribution is -2.67. The third kappa shape index (κ3) is 13.3. The molecule has 0 saturated carbocycles. The molecule has 2 fully saturated rings. The van der Waals surface area contributed by atoms with Gasteiger partial charge in [0.05, 0.1) is 42.3 Å². The number of non-ortho nitro benzene ring substituents is 1. The molecule has 2 heterocycles. The van der Waals surface area contributed by atoms with Crippen LogP contribution in [0.15, 0.2) is 109 Å². The van der Waals surface area contributed by atoms with Gasteiger partial charge >= 0.3 is 17.9 Å². The van der Waals surface area contributed by atoms with Crippen molar-refractivity contribution in [2.75, 3.05) is 25.6 Å². The summed E-state index contributed by atoms with van der Waals surface area (Å²) in [6.45, 7) is 2.93. The third-order valence-electron chi connectivity index (χ3n) is 10.5. The van der Waals surface area contributed by atoms with Crippen LogP contribution in [-0.4, -0.2) is 109 Å². The Morgan fingerprint density at radius 3 is 1.67 bits per heavy atom. The lowest BCUT2D eigenvalue weighted by atomic mass is 9.94. The SMILES string of the molecule is CO[C@@H]1O[C@H](COCc2ccccc2)[C@@H](O[C@@H]2O[C@H](COC(C)=O)[C@@H](OC(C)=O)[C@H](OC(C)=O)[C@H]2Nc2ccc([N+](=O)[O-])cc2[N+](=O)[O-])[C@H](OCc2ccccc2)[C@H]1OCc1ccccc1. The van der Waals surface area contributed by atoms with E-state index < -0.39 is 107 Å². The van der Waals surface area contributed by atoms with E-state index in [1.54, 1.807) is 0 Å². The van der Waals surface area contributed by atoms with E-state index in [1.165, 1.54) is 7.11 Å². The number of anilines is 1. The Bertz CT molecular complexity index is 2240. The molecule has 0 unspecified atom stereocenters. The molecule has 4 aromatic carbocycles. The number of hydrogen-bond donors (Lipinski definition) is 1. The third-order valence-corrected chi connectivity index (χ3v) is 10.5. The standard InChI is InChI=1S/C46H51N3O17/c1-28(50)59-27-38-40(62-29(2)51)42(63-30(3)52)39(47-35-21-20-34(48(53)54)22-36(35)49(55)56)45(64-38)66-41-37(26-58-23-31-14-8-5-9-15-31)65-46(57-4)44(61-25-33-18-12-7-13-19-33)43(41)60-24-32-16-10-6-11-17-32/h5-22,37-47H,23-27H2,1-4H3/t37-,38-,39-,40-,41-,42-,43+,44-,45+,46-/m1/s1. The maximum absolute atomic E-state index is 12.9. The summed E-state index contributed by atoms with van der Waals surface area (Å²) in [5.41, 5.74) is 0.862. The van der Waals surface area contributed by atoms with Gasteiger partial charge in [0.15, 0.2) is 24.8 Å². The van der Waals surface area contributed by atoms with Crippen molar-refractivity contribution in [1.29, 1.82) is 0 Å². The second kappa shape index (κ2) is 23.7. The van der Waals surface area contributed by atoms with Gasteiger partial charge in [0.1, 0.15) is 48.9 Å². The Labute approximate surface area is 379 Å². The average Bonchev–Trinajstić information content (AvgIpc) is 3.30. The molecule has 0 radical (unpaired) electrons. The number of nitrogens with zero attached hydrogens (tertiary/aromatic N) is 2. The van der Waals surface area contributed by atoms with E-state index >= 15 is 0 Å². The first-order valence-electron chi connectivity index (χ1n) is 20.9. The number of nitrogens with one attached hydrogen (secondary N) is 1. The summed E-state index contributed by atoms with van der Waals surface area (Å²) in [6, 6.07) is 29.3. The largest absolute Gasteiger partial charge is 0.463 e. The monoisotopic (exact) mass is 917 g/mol. The molecule has 0 aliphatic carbocycles. The van der Waals surface area contributed by atoms with Crippen LogP contribution in [0.5, 0.6) is 0 Å². The van der Waals surface area contributed by atoms with Crippen LogP contribution in [0, 0.1) is 20.2 Å². The number of hydrogen-bond acceptors (Lipinski definition) is 18. The van der Waals surface area contributed by atoms with Crippen LogP contribution < -0.4 is 5.32 Å². The second-order valence-electron chi connectivity index (χ2n) is 15.3. The molecule has 352 valence electrons. The summed E-state index contributed by atoms with van der Waals surface area (Å²) in [5.74, 6) is -2.44. The molecular weight excluding hydrogens is 867 g/mol. The number of nitro benzene ring substituents is 2. The van der Waals surface area contributed by atoms with Gasteiger partial charge in [-0.2, -0.15) is 0 Å². The number of benzene rings is 4. The van der Waals surface area contributed by atoms with Gasteiger partial charge < -0.3 is 52.7 Å². The first-order chi connectivity index (χ1) is 31.8. The number of esters is 3. The van der Waals surface area contributed by atoms with E-state index in [4.69, 9.17) is 47.4 Å². The van der Waals surface area contributed by atoms with E-state index in [2.05, 4.69) is 5.32 Å². The maximum Gasteiger partial charge on any atom is 0.303 e. The Balaban J connectivity index is 1.48. The van der Waals surface area contributed by atoms with Crippen LogP contribution in [0.2, 0.25) is 0 Å². The van der Waals surface area contributed by atoms with Crippen LogP contribution >= 0.6 is 0 Å². The molecule has 0 amide bonds. The normalized spacial score (nSPS) is 25.0. The summed E-state index contributed by atoms with van der Waals surface area (Å²) in [7, 11) is 1.45. The van der Waals surface area contributed by atoms with E-state index in [0.717, 1.165) is 55.7 Å². The van der Waals surface area contributed by atoms with Crippen molar-refractivity contribution < 1.29 is 71.6 Å². The minimum Gasteiger partial charge on any atom is -0.463 e. The number of carbonyl (C=O) groups excluding carboxylic acids is 3. The average molecular weight is 918 g/mol. The van der Waals surface area contributed by atoms with Gasteiger partial charge in [0.25, 0.3) is 11.4 Å². The summed E-state index contributed by atoms with van der Waals surface area (Å²) in [5, 5.41) is 27.1. The zero-order chi connectivity index (χ0) is 47.2. The fourth-order valence-corrected chi connectivity index (χ4v) is 7.55. The van der Waals surface area contributed by atoms with E-state index in [0.29, 0.717) is 0 Å². The zero-order valence-electron chi connectivity index (χ0n) is 36.5. The molecule has 2 saturated heterocycles. The summed E-state index contributed by atoms with van der Waals surface area (Å²) >= 11 is 0. The molecule has 66 heavy (non-hydrogen) atoms. The van der Waals surface area contributed by atoms with Crippen molar-refractivity contribution >= 4 is 35.0 Å². The quantitative estimate of drug-likeness (QED) is 0.0464. The highest BCUT2D eigenvalue weighted by atomic mass is 16.8. The van der Waals surface area contributed by atoms with Gasteiger partial charge in [-0.15, -0.1) is 0 Å². The second-order valence-corrected chi connectivity index (χ2v) is 15.3. The number of nitro groups is 2. The van der Waals surface area contributed by atoms with Crippen molar-refractivity contribution in [3.8, 4) is 0 Å². The van der Waals surface area contributed by atoms with Gasteiger partial charge in [-0.25, -0.2) is 0 Å². The van der Waals surface area contributed by atoms with E-state index in [9.17, 15) is 34.6 Å². The minimum atomic E-state index is -1.67. The summed E-state index contributed by atoms with van der Waals surface area (Å²) in [6.07, 6.45) is -11.6. The summed E-state index contributed by atoms with van der Waals surface area (Å²) < 4.78 is 62.4. The molecule has 6 rings (SSSR count). The topological polar surface area (TPSA) is 242 Å². The number of methoxy groups -OCH3 is 1. The predicted molar refractivity (Wildman–Crippen MR) is 230 cm³/mol. The Morgan fingerprint density at radius 1 is 0.606 bits per heavy atom. The van der Waals surface area contributed by atoms with E-state index in [-0.39, 0.29) is 32.1 Å². The van der Waals surface area contributed by atoms with Gasteiger partial charge in [-0.1, -0.05) is 91.0 Å². The van der Waals surface area contributed by atoms with Crippen LogP contribution in [0.1, 0.15) is 37.5 Å². The Kier molecular flexibility index (Phi) is 17.6. The molecule has 0 aromatic heterocycles. The van der Waals surface area contributed by atoms with Crippen molar-refractivity contribution in [2.45, 2.75) is 102 Å². The zero-order valence-corrected chi connectivity index (χ0v) is 36.5. The lowest BCUT2D eigenvalue weighted by molar-refractivity contribution is -0.393. The number of ether oxygens (including phenoxy) is 10. The molecule has 10 atom stereocenters. The highest BCUT2D eigenvalue weighted by Crippen LogP contribution is 2.38. The Morgan fingerprint density at radius 2 is 1.14 bits per heavy atom. The van der Waals surface area contributed by atoms with Crippen molar-refractivity contribution in [1.82, 2.24) is 0 Å². The minimum absolute atomic E-state index is 0.0342. The highest BCUT2D eigenvalue weighted by molar-refractivity contribution is 5.69. The fraction of sp³-hybridized carbons (Fsp3) is 0.413. The first-order valence-corrected chi connectivity index (χ1v) is 20.9. The van der Waals surface area contributed by atoms with Crippen LogP contribution in [0.25, 0.3) is 0 Å². The van der Waals surface area contributed by atoms with E-state index in [1.807, 2.05) is 91.0 Å². The van der Waals surface area contributed by atoms with Gasteiger partial charge in [-0.3, -0.25) is 34.6 Å². The van der Waals surface area contributed by atoms with Crippen molar-refractivity contribution in [2.24, 2.45) is 0 Å². The first kappa shape index (κ1) is 49.1. The molecular formula is C46H51N3O17. The Hall–Kier alpha value is -6.39. The number of carbonyl (C=O) groups is 3. The van der Waals surface area contributed by atoms with Gasteiger partial charge in [0.2, 0.25) is 0 Å². The maximum atomic E-state index is 12.9. The molecule has 20 heteroatoms. The van der Waals surface area contributed by atoms with Crippen LogP contribution in [-0.2, 0) is 81.6 Å². The molecule has 20 nitrogen and oxygen atoms in total. The van der Waals surface area contributed by atoms with Crippen LogP contribution in [0.3, 0.4) is 0 Å². The molecule has 2 aliphatic heterocycles. The predicted octanol–water partition coefficient (Wildman–Crippen LogP) is 5.58. The highest BCUT2D eigenvalue weighted by Gasteiger charge is 2.55. The lowest BCUT2D eigenvalue weighted by Gasteiger charge is -2.50. The van der Waals surface area contributed by atoms with Crippen molar-refractivity contribution in [3.63, 3.8) is 0 Å². The summed E-state index contributed by atoms with van der Waals surface area (Å²) in [4.78, 5) is 60.3.